The van der Waals surface area contributed by atoms with Crippen LogP contribution in [-0.2, 0) is 9.59 Å². The number of halogens is 2. The molecule has 120 valence electrons. The van der Waals surface area contributed by atoms with Crippen LogP contribution >= 0.6 is 23.2 Å². The largest absolute Gasteiger partial charge is 0.481 e. The van der Waals surface area contributed by atoms with Gasteiger partial charge in [0.05, 0.1) is 5.92 Å². The molecule has 1 saturated heterocycles. The molecule has 22 heavy (non-hydrogen) atoms. The number of aliphatic carboxylic acids is 1. The molecule has 1 N–H and O–H groups in total. The van der Waals surface area contributed by atoms with Gasteiger partial charge in [0.2, 0.25) is 0 Å². The molecular weight excluding hydrogens is 329 g/mol. The van der Waals surface area contributed by atoms with Crippen molar-refractivity contribution in [3.8, 4) is 5.75 Å². The number of piperidine rings is 1. The van der Waals surface area contributed by atoms with Gasteiger partial charge in [-0.15, -0.1) is 0 Å². The van der Waals surface area contributed by atoms with Gasteiger partial charge < -0.3 is 14.7 Å². The fourth-order valence-electron chi connectivity index (χ4n) is 2.46. The van der Waals surface area contributed by atoms with Crippen molar-refractivity contribution < 1.29 is 19.4 Å². The first-order valence-electron chi connectivity index (χ1n) is 7.01. The Kier molecular flexibility index (Phi) is 5.53. The van der Waals surface area contributed by atoms with Crippen molar-refractivity contribution in [3.05, 3.63) is 28.2 Å². The van der Waals surface area contributed by atoms with Crippen LogP contribution in [-0.4, -0.2) is 41.1 Å². The van der Waals surface area contributed by atoms with Crippen molar-refractivity contribution in [3.63, 3.8) is 0 Å². The van der Waals surface area contributed by atoms with Gasteiger partial charge in [-0.3, -0.25) is 9.59 Å². The third-order valence-electron chi connectivity index (χ3n) is 3.65. The molecule has 1 heterocycles. The molecule has 0 aromatic heterocycles. The molecule has 0 radical (unpaired) electrons. The number of likely N-dealkylation sites (tertiary alicyclic amines) is 1. The highest BCUT2D eigenvalue weighted by molar-refractivity contribution is 6.34. The number of amides is 1. The number of rotatable bonds is 4. The van der Waals surface area contributed by atoms with Gasteiger partial charge in [0.25, 0.3) is 5.91 Å². The van der Waals surface area contributed by atoms with Crippen LogP contribution in [0.25, 0.3) is 0 Å². The highest BCUT2D eigenvalue weighted by Crippen LogP contribution is 2.25. The van der Waals surface area contributed by atoms with Crippen molar-refractivity contribution in [2.75, 3.05) is 13.1 Å². The van der Waals surface area contributed by atoms with E-state index < -0.39 is 12.1 Å². The molecule has 0 saturated carbocycles. The third kappa shape index (κ3) is 4.27. The maximum Gasteiger partial charge on any atom is 0.306 e. The standard InChI is InChI=1S/C15H17Cl2NO4/c1-9(22-13-7-11(16)6-12(17)8-13)14(19)18-4-2-10(3-5-18)15(20)21/h6-10H,2-5H2,1H3,(H,20,21). The zero-order chi connectivity index (χ0) is 16.3. The van der Waals surface area contributed by atoms with Gasteiger partial charge in [0.15, 0.2) is 6.10 Å². The highest BCUT2D eigenvalue weighted by atomic mass is 35.5. The Balaban J connectivity index is 1.94. The van der Waals surface area contributed by atoms with Gasteiger partial charge in [0, 0.05) is 23.1 Å². The van der Waals surface area contributed by atoms with Gasteiger partial charge in [-0.2, -0.15) is 0 Å². The maximum absolute atomic E-state index is 12.3. The second-order valence-corrected chi connectivity index (χ2v) is 6.18. The summed E-state index contributed by atoms with van der Waals surface area (Å²) in [4.78, 5) is 24.9. The van der Waals surface area contributed by atoms with E-state index in [2.05, 4.69) is 0 Å². The lowest BCUT2D eigenvalue weighted by molar-refractivity contribution is -0.147. The van der Waals surface area contributed by atoms with E-state index in [1.165, 1.54) is 0 Å². The van der Waals surface area contributed by atoms with E-state index in [4.69, 9.17) is 33.0 Å². The number of nitrogens with zero attached hydrogens (tertiary/aromatic N) is 1. The van der Waals surface area contributed by atoms with E-state index in [0.29, 0.717) is 41.7 Å². The quantitative estimate of drug-likeness (QED) is 0.910. The van der Waals surface area contributed by atoms with Crippen LogP contribution < -0.4 is 4.74 Å². The molecule has 1 unspecified atom stereocenters. The number of carbonyl (C=O) groups is 2. The van der Waals surface area contributed by atoms with Gasteiger partial charge in [-0.1, -0.05) is 23.2 Å². The average Bonchev–Trinajstić information content (AvgIpc) is 2.45. The van der Waals surface area contributed by atoms with Crippen LogP contribution in [0.2, 0.25) is 10.0 Å². The van der Waals surface area contributed by atoms with Crippen molar-refractivity contribution in [2.45, 2.75) is 25.9 Å². The average molecular weight is 346 g/mol. The normalized spacial score (nSPS) is 17.1. The lowest BCUT2D eigenvalue weighted by Gasteiger charge is -2.32. The first-order chi connectivity index (χ1) is 10.4. The number of carboxylic acid groups (broad SMARTS) is 1. The molecule has 1 aliphatic heterocycles. The molecule has 5 nitrogen and oxygen atoms in total. The number of hydrogen-bond donors (Lipinski definition) is 1. The Morgan fingerprint density at radius 1 is 1.23 bits per heavy atom. The summed E-state index contributed by atoms with van der Waals surface area (Å²) >= 11 is 11.8. The van der Waals surface area contributed by atoms with Crippen molar-refractivity contribution in [2.24, 2.45) is 5.92 Å². The molecular formula is C15H17Cl2NO4. The van der Waals surface area contributed by atoms with Gasteiger partial charge in [-0.05, 0) is 38.0 Å². The molecule has 0 aliphatic carbocycles. The second-order valence-electron chi connectivity index (χ2n) is 5.30. The molecule has 7 heteroatoms. The van der Waals surface area contributed by atoms with Crippen LogP contribution in [0.4, 0.5) is 0 Å². The Hall–Kier alpha value is -1.46. The first-order valence-corrected chi connectivity index (χ1v) is 7.76. The minimum Gasteiger partial charge on any atom is -0.481 e. The molecule has 2 rings (SSSR count). The fourth-order valence-corrected chi connectivity index (χ4v) is 2.96. The summed E-state index contributed by atoms with van der Waals surface area (Å²) in [7, 11) is 0. The minimum atomic E-state index is -0.801. The van der Waals surface area contributed by atoms with Gasteiger partial charge in [-0.25, -0.2) is 0 Å². The number of carboxylic acids is 1. The Morgan fingerprint density at radius 2 is 1.77 bits per heavy atom. The number of carbonyl (C=O) groups excluding carboxylic acids is 1. The predicted molar refractivity (Wildman–Crippen MR) is 83.5 cm³/mol. The van der Waals surface area contributed by atoms with E-state index in [1.807, 2.05) is 0 Å². The lowest BCUT2D eigenvalue weighted by atomic mass is 9.97. The fraction of sp³-hybridized carbons (Fsp3) is 0.467. The molecule has 1 aromatic carbocycles. The maximum atomic E-state index is 12.3. The van der Waals surface area contributed by atoms with Crippen LogP contribution in [0.5, 0.6) is 5.75 Å². The molecule has 1 fully saturated rings. The Morgan fingerprint density at radius 3 is 2.27 bits per heavy atom. The van der Waals surface area contributed by atoms with Gasteiger partial charge >= 0.3 is 5.97 Å². The monoisotopic (exact) mass is 345 g/mol. The molecule has 1 atom stereocenters. The van der Waals surface area contributed by atoms with Crippen LogP contribution in [0.15, 0.2) is 18.2 Å². The topological polar surface area (TPSA) is 66.8 Å². The number of hydrogen-bond acceptors (Lipinski definition) is 3. The van der Waals surface area contributed by atoms with E-state index in [-0.39, 0.29) is 11.8 Å². The zero-order valence-corrected chi connectivity index (χ0v) is 13.6. The van der Waals surface area contributed by atoms with Crippen molar-refractivity contribution >= 4 is 35.1 Å². The summed E-state index contributed by atoms with van der Waals surface area (Å²) in [5.41, 5.74) is 0. The molecule has 1 aliphatic rings. The summed E-state index contributed by atoms with van der Waals surface area (Å²) in [5.74, 6) is -0.907. The molecule has 1 amide bonds. The van der Waals surface area contributed by atoms with Crippen LogP contribution in [0, 0.1) is 5.92 Å². The molecule has 1 aromatic rings. The molecule has 0 bridgehead atoms. The van der Waals surface area contributed by atoms with E-state index in [9.17, 15) is 9.59 Å². The van der Waals surface area contributed by atoms with Crippen molar-refractivity contribution in [1.29, 1.82) is 0 Å². The summed E-state index contributed by atoms with van der Waals surface area (Å²) in [6, 6.07) is 4.76. The predicted octanol–water partition coefficient (Wildman–Crippen LogP) is 3.08. The van der Waals surface area contributed by atoms with E-state index in [1.54, 1.807) is 30.0 Å². The summed E-state index contributed by atoms with van der Waals surface area (Å²) < 4.78 is 5.59. The number of benzene rings is 1. The SMILES string of the molecule is CC(Oc1cc(Cl)cc(Cl)c1)C(=O)N1CCC(C(=O)O)CC1. The summed E-state index contributed by atoms with van der Waals surface area (Å²) in [6.45, 7) is 2.51. The van der Waals surface area contributed by atoms with E-state index >= 15 is 0 Å². The van der Waals surface area contributed by atoms with E-state index in [0.717, 1.165) is 0 Å². The smallest absolute Gasteiger partial charge is 0.306 e. The van der Waals surface area contributed by atoms with Crippen LogP contribution in [0.3, 0.4) is 0 Å². The molecule has 0 spiro atoms. The van der Waals surface area contributed by atoms with Gasteiger partial charge in [0.1, 0.15) is 5.75 Å². The lowest BCUT2D eigenvalue weighted by Crippen LogP contribution is -2.45. The number of ether oxygens (including phenoxy) is 1. The third-order valence-corrected chi connectivity index (χ3v) is 4.09. The summed E-state index contributed by atoms with van der Waals surface area (Å²) in [6.07, 6.45) is 0.254. The Labute approximate surface area is 138 Å². The summed E-state index contributed by atoms with van der Waals surface area (Å²) in [5, 5.41) is 9.84. The highest BCUT2D eigenvalue weighted by Gasteiger charge is 2.29. The zero-order valence-electron chi connectivity index (χ0n) is 12.1. The first kappa shape index (κ1) is 16.9. The van der Waals surface area contributed by atoms with Crippen molar-refractivity contribution in [1.82, 2.24) is 4.90 Å². The van der Waals surface area contributed by atoms with Crippen LogP contribution in [0.1, 0.15) is 19.8 Å². The second kappa shape index (κ2) is 7.20. The minimum absolute atomic E-state index is 0.167. The Bertz CT molecular complexity index is 550.